The Balaban J connectivity index is 2.23. The van der Waals surface area contributed by atoms with Crippen LogP contribution in [0.15, 0.2) is 52.7 Å². The molecule has 0 radical (unpaired) electrons. The second-order valence-electron chi connectivity index (χ2n) is 3.35. The largest absolute Gasteiger partial charge is 0.508 e. The highest BCUT2D eigenvalue weighted by atomic mass is 35.5. The summed E-state index contributed by atoms with van der Waals surface area (Å²) in [6.45, 7) is 0. The maximum Gasteiger partial charge on any atom is 0.146 e. The zero-order chi connectivity index (χ0) is 12.3. The molecule has 0 saturated heterocycles. The number of rotatable bonds is 2. The highest BCUT2D eigenvalue weighted by Crippen LogP contribution is 2.31. The number of halogens is 1. The van der Waals surface area contributed by atoms with Crippen LogP contribution >= 0.6 is 11.6 Å². The summed E-state index contributed by atoms with van der Waals surface area (Å²) in [6, 6.07) is 10.9. The lowest BCUT2D eigenvalue weighted by atomic mass is 10.3. The van der Waals surface area contributed by atoms with Crippen LogP contribution in [-0.4, -0.2) is 10.2 Å². The molecule has 0 bridgehead atoms. The lowest BCUT2D eigenvalue weighted by Crippen LogP contribution is -1.69. The van der Waals surface area contributed by atoms with Crippen molar-refractivity contribution in [2.24, 2.45) is 10.2 Å². The summed E-state index contributed by atoms with van der Waals surface area (Å²) < 4.78 is 0. The predicted octanol–water partition coefficient (Wildman–Crippen LogP) is 4.17. The van der Waals surface area contributed by atoms with E-state index < -0.39 is 0 Å². The molecule has 0 heterocycles. The van der Waals surface area contributed by atoms with Crippen LogP contribution in [-0.2, 0) is 0 Å². The number of nitrogens with zero attached hydrogens (tertiary/aromatic N) is 2. The Morgan fingerprint density at radius 3 is 2.24 bits per heavy atom. The Kier molecular flexibility index (Phi) is 3.25. The van der Waals surface area contributed by atoms with Crippen molar-refractivity contribution in [3.05, 3.63) is 47.5 Å². The quantitative estimate of drug-likeness (QED) is 0.784. The molecule has 0 aromatic heterocycles. The van der Waals surface area contributed by atoms with Crippen LogP contribution < -0.4 is 0 Å². The number of hydrogen-bond acceptors (Lipinski definition) is 4. The molecule has 0 spiro atoms. The summed E-state index contributed by atoms with van der Waals surface area (Å²) in [7, 11) is 0. The summed E-state index contributed by atoms with van der Waals surface area (Å²) >= 11 is 5.73. The Bertz CT molecular complexity index is 553. The normalized spacial score (nSPS) is 10.9. The van der Waals surface area contributed by atoms with Gasteiger partial charge in [0.05, 0.1) is 5.69 Å². The van der Waals surface area contributed by atoms with Gasteiger partial charge in [0.2, 0.25) is 0 Å². The zero-order valence-corrected chi connectivity index (χ0v) is 9.46. The van der Waals surface area contributed by atoms with Gasteiger partial charge in [0.1, 0.15) is 17.2 Å². The predicted molar refractivity (Wildman–Crippen MR) is 65.4 cm³/mol. The molecule has 0 amide bonds. The molecule has 2 rings (SSSR count). The molecular weight excluding hydrogens is 240 g/mol. The van der Waals surface area contributed by atoms with E-state index in [9.17, 15) is 5.11 Å². The van der Waals surface area contributed by atoms with E-state index >= 15 is 0 Å². The van der Waals surface area contributed by atoms with Gasteiger partial charge in [0.15, 0.2) is 0 Å². The van der Waals surface area contributed by atoms with Crippen molar-refractivity contribution in [1.82, 2.24) is 0 Å². The minimum atomic E-state index is -0.122. The topological polar surface area (TPSA) is 65.2 Å². The van der Waals surface area contributed by atoms with E-state index in [1.165, 1.54) is 18.2 Å². The molecule has 2 aromatic rings. The van der Waals surface area contributed by atoms with Crippen molar-refractivity contribution >= 4 is 23.0 Å². The van der Waals surface area contributed by atoms with Crippen LogP contribution in [0.25, 0.3) is 0 Å². The molecule has 0 fully saturated rings. The SMILES string of the molecule is Oc1ccc(N=Nc2ccc(Cl)cc2)c(O)c1. The second kappa shape index (κ2) is 4.84. The standard InChI is InChI=1S/C12H9ClN2O2/c13-8-1-3-9(4-2-8)14-15-11-6-5-10(16)7-12(11)17/h1-7,16-17H. The first-order valence-corrected chi connectivity index (χ1v) is 5.22. The van der Waals surface area contributed by atoms with Crippen LogP contribution in [0, 0.1) is 0 Å². The average molecular weight is 249 g/mol. The molecule has 2 aromatic carbocycles. The van der Waals surface area contributed by atoms with Gasteiger partial charge in [-0.15, -0.1) is 5.11 Å². The molecule has 0 aliphatic carbocycles. The van der Waals surface area contributed by atoms with Gasteiger partial charge in [-0.25, -0.2) is 0 Å². The van der Waals surface area contributed by atoms with Gasteiger partial charge >= 0.3 is 0 Å². The fourth-order valence-electron chi connectivity index (χ4n) is 1.22. The third-order valence-corrected chi connectivity index (χ3v) is 2.31. The average Bonchev–Trinajstić information content (AvgIpc) is 2.30. The van der Waals surface area contributed by atoms with Gasteiger partial charge in [0, 0.05) is 11.1 Å². The maximum absolute atomic E-state index is 9.48. The lowest BCUT2D eigenvalue weighted by molar-refractivity contribution is 0.451. The van der Waals surface area contributed by atoms with Gasteiger partial charge in [-0.2, -0.15) is 5.11 Å². The monoisotopic (exact) mass is 248 g/mol. The number of phenolic OH excluding ortho intramolecular Hbond substituents is 2. The number of benzene rings is 2. The first-order valence-electron chi connectivity index (χ1n) is 4.84. The molecule has 0 saturated carbocycles. The van der Waals surface area contributed by atoms with E-state index in [1.807, 2.05) is 0 Å². The minimum absolute atomic E-state index is 0.0204. The van der Waals surface area contributed by atoms with E-state index in [0.29, 0.717) is 10.7 Å². The van der Waals surface area contributed by atoms with E-state index in [-0.39, 0.29) is 17.2 Å². The first kappa shape index (κ1) is 11.4. The van der Waals surface area contributed by atoms with Crippen molar-refractivity contribution in [2.75, 3.05) is 0 Å². The van der Waals surface area contributed by atoms with Gasteiger partial charge in [0.25, 0.3) is 0 Å². The Labute approximate surface area is 103 Å². The molecule has 5 heteroatoms. The highest BCUT2D eigenvalue weighted by molar-refractivity contribution is 6.30. The molecule has 86 valence electrons. The van der Waals surface area contributed by atoms with E-state index in [0.717, 1.165) is 0 Å². The van der Waals surface area contributed by atoms with Crippen LogP contribution in [0.4, 0.5) is 11.4 Å². The summed E-state index contributed by atoms with van der Waals surface area (Å²) in [5.74, 6) is -0.143. The summed E-state index contributed by atoms with van der Waals surface area (Å²) in [5.41, 5.74) is 0.916. The van der Waals surface area contributed by atoms with E-state index in [1.54, 1.807) is 24.3 Å². The smallest absolute Gasteiger partial charge is 0.146 e. The fourth-order valence-corrected chi connectivity index (χ4v) is 1.34. The first-order chi connectivity index (χ1) is 8.15. The molecular formula is C12H9ClN2O2. The Morgan fingerprint density at radius 2 is 1.59 bits per heavy atom. The Hall–Kier alpha value is -2.07. The van der Waals surface area contributed by atoms with Gasteiger partial charge in [-0.1, -0.05) is 11.6 Å². The van der Waals surface area contributed by atoms with Crippen molar-refractivity contribution < 1.29 is 10.2 Å². The third kappa shape index (κ3) is 2.95. The number of phenols is 2. The number of azo groups is 1. The molecule has 0 unspecified atom stereocenters. The van der Waals surface area contributed by atoms with Gasteiger partial charge < -0.3 is 10.2 Å². The minimum Gasteiger partial charge on any atom is -0.508 e. The number of hydrogen-bond donors (Lipinski definition) is 2. The van der Waals surface area contributed by atoms with Gasteiger partial charge in [-0.05, 0) is 36.4 Å². The van der Waals surface area contributed by atoms with Crippen molar-refractivity contribution in [3.8, 4) is 11.5 Å². The highest BCUT2D eigenvalue weighted by Gasteiger charge is 2.00. The molecule has 2 N–H and O–H groups in total. The fraction of sp³-hybridized carbons (Fsp3) is 0. The van der Waals surface area contributed by atoms with Gasteiger partial charge in [-0.3, -0.25) is 0 Å². The van der Waals surface area contributed by atoms with Crippen molar-refractivity contribution in [2.45, 2.75) is 0 Å². The molecule has 4 nitrogen and oxygen atoms in total. The van der Waals surface area contributed by atoms with Crippen LogP contribution in [0.2, 0.25) is 5.02 Å². The zero-order valence-electron chi connectivity index (χ0n) is 8.71. The van der Waals surface area contributed by atoms with Crippen molar-refractivity contribution in [3.63, 3.8) is 0 Å². The summed E-state index contributed by atoms with van der Waals surface area (Å²) in [4.78, 5) is 0. The third-order valence-electron chi connectivity index (χ3n) is 2.06. The Morgan fingerprint density at radius 1 is 0.882 bits per heavy atom. The second-order valence-corrected chi connectivity index (χ2v) is 3.79. The van der Waals surface area contributed by atoms with E-state index in [2.05, 4.69) is 10.2 Å². The molecule has 0 aliphatic heterocycles. The number of aromatic hydroxyl groups is 2. The molecule has 17 heavy (non-hydrogen) atoms. The lowest BCUT2D eigenvalue weighted by Gasteiger charge is -1.98. The van der Waals surface area contributed by atoms with Crippen LogP contribution in [0.3, 0.4) is 0 Å². The molecule has 0 atom stereocenters. The van der Waals surface area contributed by atoms with E-state index in [4.69, 9.17) is 16.7 Å². The summed E-state index contributed by atoms with van der Waals surface area (Å²) in [6.07, 6.45) is 0. The van der Waals surface area contributed by atoms with Crippen LogP contribution in [0.5, 0.6) is 11.5 Å². The van der Waals surface area contributed by atoms with Crippen molar-refractivity contribution in [1.29, 1.82) is 0 Å². The maximum atomic E-state index is 9.48. The van der Waals surface area contributed by atoms with Crippen LogP contribution in [0.1, 0.15) is 0 Å². The molecule has 0 aliphatic rings. The summed E-state index contributed by atoms with van der Waals surface area (Å²) in [5, 5.41) is 27.0.